The van der Waals surface area contributed by atoms with E-state index < -0.39 is 11.9 Å². The predicted octanol–water partition coefficient (Wildman–Crippen LogP) is 1.40. The average molecular weight is 381 g/mol. The topological polar surface area (TPSA) is 109 Å². The Hall–Kier alpha value is -3.49. The van der Waals surface area contributed by atoms with Gasteiger partial charge in [-0.3, -0.25) is 19.6 Å². The number of H-pyrrole nitrogens is 1. The summed E-state index contributed by atoms with van der Waals surface area (Å²) in [4.78, 5) is 30.8. The monoisotopic (exact) mass is 381 g/mol. The minimum atomic E-state index is -0.652. The van der Waals surface area contributed by atoms with E-state index in [4.69, 9.17) is 0 Å². The molecule has 0 aromatic carbocycles. The number of amides is 2. The van der Waals surface area contributed by atoms with Gasteiger partial charge in [0.2, 0.25) is 5.82 Å². The van der Waals surface area contributed by atoms with Crippen LogP contribution in [-0.4, -0.2) is 49.9 Å². The van der Waals surface area contributed by atoms with Gasteiger partial charge in [0.25, 0.3) is 11.8 Å². The van der Waals surface area contributed by atoms with Crippen LogP contribution in [0.3, 0.4) is 0 Å². The number of aromatic amines is 1. The molecule has 9 nitrogen and oxygen atoms in total. The molecule has 28 heavy (non-hydrogen) atoms. The van der Waals surface area contributed by atoms with E-state index in [-0.39, 0.29) is 11.7 Å². The Balaban J connectivity index is 1.56. The zero-order valence-corrected chi connectivity index (χ0v) is 15.7. The van der Waals surface area contributed by atoms with E-state index in [9.17, 15) is 9.59 Å². The molecule has 2 aromatic heterocycles. The van der Waals surface area contributed by atoms with Crippen LogP contribution in [0.2, 0.25) is 0 Å². The van der Waals surface area contributed by atoms with Crippen molar-refractivity contribution in [2.45, 2.75) is 31.8 Å². The fourth-order valence-corrected chi connectivity index (χ4v) is 2.91. The highest BCUT2D eigenvalue weighted by atomic mass is 16.2. The molecule has 0 fully saturated rings. The molecule has 0 aliphatic carbocycles. The first-order valence-electron chi connectivity index (χ1n) is 9.06. The molecule has 9 heteroatoms. The normalized spacial score (nSPS) is 17.1. The molecule has 0 saturated heterocycles. The number of likely N-dealkylation sites (N-methyl/N-ethyl adjacent to an activating group) is 1. The lowest BCUT2D eigenvalue weighted by Crippen LogP contribution is -2.47. The third-order valence-electron chi connectivity index (χ3n) is 4.38. The number of allylic oxidation sites excluding steroid dienone is 5. The van der Waals surface area contributed by atoms with Crippen LogP contribution < -0.4 is 10.2 Å². The highest BCUT2D eigenvalue weighted by Crippen LogP contribution is 2.18. The standard InChI is InChI=1S/C19H23N7O2/c1-3-4-5-6-7-8-9-15-22-17(24-23-15)18(27)21-14-11-13-26-16(10-12-20-26)25(2)19(14)28/h3-7,10,12,14H,1,8-9,11,13H2,2H3,(H,21,27)(H,22,23,24)/b5-4-,7-6-/t14-/m1/s1. The molecule has 2 aromatic rings. The molecule has 0 spiro atoms. The summed E-state index contributed by atoms with van der Waals surface area (Å²) in [7, 11) is 1.67. The zero-order chi connectivity index (χ0) is 19.9. The maximum absolute atomic E-state index is 12.6. The van der Waals surface area contributed by atoms with Crippen LogP contribution in [-0.2, 0) is 17.8 Å². The molecule has 0 radical (unpaired) electrons. The number of aryl methyl sites for hydroxylation is 2. The molecule has 3 heterocycles. The van der Waals surface area contributed by atoms with Crippen molar-refractivity contribution in [1.82, 2.24) is 30.3 Å². The lowest BCUT2D eigenvalue weighted by atomic mass is 10.2. The van der Waals surface area contributed by atoms with E-state index in [1.54, 1.807) is 30.1 Å². The summed E-state index contributed by atoms with van der Waals surface area (Å²) in [5.74, 6) is 0.687. The molecule has 3 rings (SSSR count). The van der Waals surface area contributed by atoms with Crippen LogP contribution in [0.1, 0.15) is 29.3 Å². The summed E-state index contributed by atoms with van der Waals surface area (Å²) in [6.07, 6.45) is 12.8. The quantitative estimate of drug-likeness (QED) is 0.705. The maximum Gasteiger partial charge on any atom is 0.291 e. The van der Waals surface area contributed by atoms with Gasteiger partial charge in [-0.15, -0.1) is 5.10 Å². The number of hydrogen-bond acceptors (Lipinski definition) is 5. The van der Waals surface area contributed by atoms with E-state index >= 15 is 0 Å². The van der Waals surface area contributed by atoms with Crippen LogP contribution in [0.25, 0.3) is 0 Å². The summed E-state index contributed by atoms with van der Waals surface area (Å²) in [6.45, 7) is 4.14. The van der Waals surface area contributed by atoms with Crippen LogP contribution in [0.4, 0.5) is 5.82 Å². The lowest BCUT2D eigenvalue weighted by molar-refractivity contribution is -0.120. The van der Waals surface area contributed by atoms with Crippen molar-refractivity contribution < 1.29 is 9.59 Å². The molecule has 2 N–H and O–H groups in total. The maximum atomic E-state index is 12.6. The molecule has 0 saturated carbocycles. The van der Waals surface area contributed by atoms with Gasteiger partial charge in [0.15, 0.2) is 0 Å². The summed E-state index contributed by atoms with van der Waals surface area (Å²) >= 11 is 0. The Kier molecular flexibility index (Phi) is 6.15. The summed E-state index contributed by atoms with van der Waals surface area (Å²) in [6, 6.07) is 1.12. The number of aromatic nitrogens is 5. The lowest BCUT2D eigenvalue weighted by Gasteiger charge is -2.19. The Morgan fingerprint density at radius 1 is 1.43 bits per heavy atom. The minimum absolute atomic E-state index is 0.0305. The summed E-state index contributed by atoms with van der Waals surface area (Å²) in [5, 5.41) is 13.7. The summed E-state index contributed by atoms with van der Waals surface area (Å²) in [5.41, 5.74) is 0. The molecule has 0 bridgehead atoms. The van der Waals surface area contributed by atoms with Crippen molar-refractivity contribution in [3.63, 3.8) is 0 Å². The fourth-order valence-electron chi connectivity index (χ4n) is 2.91. The van der Waals surface area contributed by atoms with Gasteiger partial charge in [0.1, 0.15) is 17.7 Å². The second-order valence-electron chi connectivity index (χ2n) is 6.32. The Labute approximate surface area is 162 Å². The largest absolute Gasteiger partial charge is 0.337 e. The molecule has 2 amide bonds. The van der Waals surface area contributed by atoms with Gasteiger partial charge >= 0.3 is 0 Å². The van der Waals surface area contributed by atoms with Gasteiger partial charge in [0.05, 0.1) is 6.20 Å². The Morgan fingerprint density at radius 3 is 3.11 bits per heavy atom. The van der Waals surface area contributed by atoms with Crippen molar-refractivity contribution in [2.75, 3.05) is 11.9 Å². The number of hydrogen-bond donors (Lipinski definition) is 2. The van der Waals surface area contributed by atoms with E-state index in [1.807, 2.05) is 24.3 Å². The predicted molar refractivity (Wildman–Crippen MR) is 105 cm³/mol. The first-order chi connectivity index (χ1) is 13.6. The number of anilines is 1. The fraction of sp³-hybridized carbons (Fsp3) is 0.316. The number of rotatable bonds is 7. The van der Waals surface area contributed by atoms with Gasteiger partial charge in [-0.25, -0.2) is 9.67 Å². The number of fused-ring (bicyclic) bond motifs is 1. The van der Waals surface area contributed by atoms with E-state index in [2.05, 4.69) is 32.2 Å². The van der Waals surface area contributed by atoms with Crippen molar-refractivity contribution >= 4 is 17.6 Å². The first-order valence-corrected chi connectivity index (χ1v) is 9.06. The van der Waals surface area contributed by atoms with Crippen LogP contribution >= 0.6 is 0 Å². The Morgan fingerprint density at radius 2 is 2.29 bits per heavy atom. The molecule has 0 unspecified atom stereocenters. The molecule has 1 aliphatic heterocycles. The van der Waals surface area contributed by atoms with E-state index in [0.717, 1.165) is 6.42 Å². The zero-order valence-electron chi connectivity index (χ0n) is 15.7. The van der Waals surface area contributed by atoms with Gasteiger partial charge in [-0.2, -0.15) is 5.10 Å². The van der Waals surface area contributed by atoms with Gasteiger partial charge in [-0.1, -0.05) is 37.0 Å². The van der Waals surface area contributed by atoms with E-state index in [0.29, 0.717) is 31.0 Å². The van der Waals surface area contributed by atoms with Crippen molar-refractivity contribution in [1.29, 1.82) is 0 Å². The minimum Gasteiger partial charge on any atom is -0.337 e. The van der Waals surface area contributed by atoms with Gasteiger partial charge in [0, 0.05) is 26.1 Å². The molecule has 146 valence electrons. The summed E-state index contributed by atoms with van der Waals surface area (Å²) < 4.78 is 1.74. The SMILES string of the molecule is C=C/C=C\C=C/CCc1nc(C(=O)N[C@@H]2CCn3nccc3N(C)C2=O)n[nH]1. The highest BCUT2D eigenvalue weighted by Gasteiger charge is 2.30. The second-order valence-corrected chi connectivity index (χ2v) is 6.32. The third kappa shape index (κ3) is 4.43. The van der Waals surface area contributed by atoms with Crippen LogP contribution in [0, 0.1) is 0 Å². The van der Waals surface area contributed by atoms with Crippen molar-refractivity contribution in [3.8, 4) is 0 Å². The first kappa shape index (κ1) is 19.3. The molecule has 1 atom stereocenters. The number of nitrogens with one attached hydrogen (secondary N) is 2. The average Bonchev–Trinajstić information content (AvgIpc) is 3.34. The smallest absolute Gasteiger partial charge is 0.291 e. The van der Waals surface area contributed by atoms with Gasteiger partial charge in [-0.05, 0) is 12.8 Å². The van der Waals surface area contributed by atoms with E-state index in [1.165, 1.54) is 4.90 Å². The van der Waals surface area contributed by atoms with Crippen LogP contribution in [0.5, 0.6) is 0 Å². The van der Waals surface area contributed by atoms with Crippen molar-refractivity contribution in [2.24, 2.45) is 0 Å². The number of nitrogens with zero attached hydrogens (tertiary/aromatic N) is 5. The van der Waals surface area contributed by atoms with Gasteiger partial charge < -0.3 is 5.32 Å². The highest BCUT2D eigenvalue weighted by molar-refractivity contribution is 6.00. The molecular formula is C19H23N7O2. The Bertz CT molecular complexity index is 909. The molecular weight excluding hydrogens is 358 g/mol. The number of carbonyl (C=O) groups is 2. The third-order valence-corrected chi connectivity index (χ3v) is 4.38. The second kappa shape index (κ2) is 8.94. The molecule has 1 aliphatic rings. The van der Waals surface area contributed by atoms with Crippen LogP contribution in [0.15, 0.2) is 49.2 Å². The number of carbonyl (C=O) groups excluding carboxylic acids is 2. The van der Waals surface area contributed by atoms with Crippen molar-refractivity contribution in [3.05, 3.63) is 60.9 Å².